The zero-order chi connectivity index (χ0) is 24.1. The number of β-amino-alcohol motifs (C(OH)–C–C–N with tert-alkyl or cyclic N) is 1. The fraction of sp³-hybridized carbons (Fsp3) is 0.423. The van der Waals surface area contributed by atoms with Gasteiger partial charge in [0.15, 0.2) is 0 Å². The molecule has 0 bridgehead atoms. The highest BCUT2D eigenvalue weighted by Crippen LogP contribution is 2.31. The molecule has 4 rings (SSSR count). The molecular weight excluding hydrogens is 430 g/mol. The molecule has 1 amide bonds. The first-order chi connectivity index (χ1) is 16.4. The van der Waals surface area contributed by atoms with Gasteiger partial charge in [-0.2, -0.15) is 0 Å². The van der Waals surface area contributed by atoms with Crippen molar-refractivity contribution in [3.63, 3.8) is 0 Å². The number of piperidine rings is 1. The number of fused-ring (bicyclic) bond motifs is 1. The summed E-state index contributed by atoms with van der Waals surface area (Å²) in [5.74, 6) is 0.490. The summed E-state index contributed by atoms with van der Waals surface area (Å²) < 4.78 is 5.68. The minimum atomic E-state index is -1.03. The van der Waals surface area contributed by atoms with Gasteiger partial charge in [-0.15, -0.1) is 0 Å². The van der Waals surface area contributed by atoms with E-state index in [9.17, 15) is 9.90 Å². The van der Waals surface area contributed by atoms with Crippen molar-refractivity contribution in [3.05, 3.63) is 59.9 Å². The maximum atomic E-state index is 13.1. The van der Waals surface area contributed by atoms with Gasteiger partial charge in [0.05, 0.1) is 30.0 Å². The Morgan fingerprint density at radius 3 is 2.97 bits per heavy atom. The highest BCUT2D eigenvalue weighted by Gasteiger charge is 2.36. The molecule has 0 aliphatic carbocycles. The quantitative estimate of drug-likeness (QED) is 0.495. The Morgan fingerprint density at radius 1 is 1.29 bits per heavy atom. The van der Waals surface area contributed by atoms with Crippen molar-refractivity contribution in [2.45, 2.75) is 31.8 Å². The van der Waals surface area contributed by atoms with Gasteiger partial charge in [0.1, 0.15) is 11.3 Å². The van der Waals surface area contributed by atoms with E-state index in [1.165, 1.54) is 0 Å². The van der Waals surface area contributed by atoms with Crippen LogP contribution in [0.15, 0.2) is 48.7 Å². The topological polar surface area (TPSA) is 105 Å². The third kappa shape index (κ3) is 5.46. The predicted molar refractivity (Wildman–Crippen MR) is 133 cm³/mol. The maximum Gasteiger partial charge on any atom is 0.253 e. The number of nitrogens with zero attached hydrogens (tertiary/aromatic N) is 4. The van der Waals surface area contributed by atoms with Crippen LogP contribution in [-0.4, -0.2) is 71.3 Å². The number of aliphatic hydroxyl groups is 1. The number of carbonyl (C=O) groups excluding carboxylic acids is 1. The summed E-state index contributed by atoms with van der Waals surface area (Å²) in [7, 11) is 1.73. The molecule has 1 aliphatic heterocycles. The fourth-order valence-electron chi connectivity index (χ4n) is 4.54. The summed E-state index contributed by atoms with van der Waals surface area (Å²) in [4.78, 5) is 26.0. The van der Waals surface area contributed by atoms with Crippen LogP contribution in [0, 0.1) is 6.92 Å². The lowest BCUT2D eigenvalue weighted by Crippen LogP contribution is -2.54. The van der Waals surface area contributed by atoms with E-state index in [-0.39, 0.29) is 12.5 Å². The minimum Gasteiger partial charge on any atom is -0.494 e. The summed E-state index contributed by atoms with van der Waals surface area (Å²) in [6, 6.07) is 13.0. The Kier molecular flexibility index (Phi) is 7.29. The lowest BCUT2D eigenvalue weighted by Gasteiger charge is -2.42. The van der Waals surface area contributed by atoms with Crippen molar-refractivity contribution in [3.8, 4) is 5.75 Å². The number of rotatable bonds is 8. The second-order valence-corrected chi connectivity index (χ2v) is 9.08. The van der Waals surface area contributed by atoms with Gasteiger partial charge in [-0.1, -0.05) is 6.07 Å². The summed E-state index contributed by atoms with van der Waals surface area (Å²) in [6.45, 7) is 4.50. The minimum absolute atomic E-state index is 0.151. The number of carbonyl (C=O) groups is 1. The smallest absolute Gasteiger partial charge is 0.253 e. The van der Waals surface area contributed by atoms with E-state index in [0.29, 0.717) is 37.4 Å². The number of pyridine rings is 2. The average molecular weight is 464 g/mol. The summed E-state index contributed by atoms with van der Waals surface area (Å²) in [6.07, 6.45) is 3.97. The van der Waals surface area contributed by atoms with E-state index in [2.05, 4.69) is 9.88 Å². The Morgan fingerprint density at radius 2 is 2.15 bits per heavy atom. The third-order valence-electron chi connectivity index (χ3n) is 6.17. The second-order valence-electron chi connectivity index (χ2n) is 9.08. The van der Waals surface area contributed by atoms with Crippen molar-refractivity contribution in [2.75, 3.05) is 44.7 Å². The van der Waals surface area contributed by atoms with Crippen LogP contribution in [0.3, 0.4) is 0 Å². The van der Waals surface area contributed by atoms with Gasteiger partial charge in [0.25, 0.3) is 5.91 Å². The van der Waals surface area contributed by atoms with Gasteiger partial charge >= 0.3 is 0 Å². The van der Waals surface area contributed by atoms with Gasteiger partial charge in [-0.25, -0.2) is 4.98 Å². The first kappa shape index (κ1) is 23.9. The fourth-order valence-corrected chi connectivity index (χ4v) is 4.54. The number of nitrogens with two attached hydrogens (primary N) is 1. The van der Waals surface area contributed by atoms with Gasteiger partial charge < -0.3 is 25.4 Å². The lowest BCUT2D eigenvalue weighted by molar-refractivity contribution is 0.0000577. The average Bonchev–Trinajstić information content (AvgIpc) is 2.83. The van der Waals surface area contributed by atoms with Crippen molar-refractivity contribution >= 4 is 22.6 Å². The van der Waals surface area contributed by atoms with E-state index >= 15 is 0 Å². The van der Waals surface area contributed by atoms with Crippen LogP contribution in [0.5, 0.6) is 5.75 Å². The van der Waals surface area contributed by atoms with E-state index in [1.54, 1.807) is 36.3 Å². The predicted octanol–water partition coefficient (Wildman–Crippen LogP) is 2.77. The Balaban J connectivity index is 1.47. The largest absolute Gasteiger partial charge is 0.494 e. The van der Waals surface area contributed by atoms with Gasteiger partial charge in [-0.3, -0.25) is 9.78 Å². The first-order valence-electron chi connectivity index (χ1n) is 11.8. The Bertz CT molecular complexity index is 1150. The van der Waals surface area contributed by atoms with Crippen LogP contribution in [-0.2, 0) is 0 Å². The molecule has 8 nitrogen and oxygen atoms in total. The monoisotopic (exact) mass is 463 g/mol. The van der Waals surface area contributed by atoms with Crippen LogP contribution in [0.2, 0.25) is 0 Å². The van der Waals surface area contributed by atoms with Crippen molar-refractivity contribution in [1.82, 2.24) is 14.9 Å². The van der Waals surface area contributed by atoms with Gasteiger partial charge in [0, 0.05) is 37.6 Å². The molecule has 1 saturated heterocycles. The van der Waals surface area contributed by atoms with E-state index < -0.39 is 5.60 Å². The highest BCUT2D eigenvalue weighted by atomic mass is 16.5. The molecular formula is C26H33N5O3. The van der Waals surface area contributed by atoms with E-state index in [0.717, 1.165) is 41.8 Å². The lowest BCUT2D eigenvalue weighted by atomic mass is 9.91. The highest BCUT2D eigenvalue weighted by molar-refractivity contribution is 5.94. The molecule has 34 heavy (non-hydrogen) atoms. The molecule has 3 N–H and O–H groups in total. The number of aromatic nitrogens is 2. The number of benzene rings is 1. The van der Waals surface area contributed by atoms with E-state index in [4.69, 9.17) is 15.5 Å². The number of anilines is 1. The summed E-state index contributed by atoms with van der Waals surface area (Å²) in [5, 5.41) is 11.5. The Hall–Kier alpha value is -3.23. The molecule has 3 aromatic rings. The van der Waals surface area contributed by atoms with E-state index in [1.807, 2.05) is 31.2 Å². The van der Waals surface area contributed by atoms with Crippen molar-refractivity contribution < 1.29 is 14.6 Å². The van der Waals surface area contributed by atoms with Crippen molar-refractivity contribution in [2.24, 2.45) is 5.73 Å². The molecule has 0 unspecified atom stereocenters. The van der Waals surface area contributed by atoms with Crippen LogP contribution in [0.4, 0.5) is 5.69 Å². The molecule has 2 aromatic heterocycles. The zero-order valence-corrected chi connectivity index (χ0v) is 19.9. The maximum absolute atomic E-state index is 13.1. The molecule has 1 fully saturated rings. The first-order valence-corrected chi connectivity index (χ1v) is 11.8. The van der Waals surface area contributed by atoms with Crippen LogP contribution < -0.4 is 15.4 Å². The van der Waals surface area contributed by atoms with Crippen LogP contribution >= 0.6 is 0 Å². The number of hydrogen-bond acceptors (Lipinski definition) is 7. The summed E-state index contributed by atoms with van der Waals surface area (Å²) >= 11 is 0. The van der Waals surface area contributed by atoms with Gasteiger partial charge in [-0.05, 0) is 69.1 Å². The molecule has 0 saturated carbocycles. The molecule has 0 spiro atoms. The second kappa shape index (κ2) is 10.4. The van der Waals surface area contributed by atoms with Gasteiger partial charge in [0.2, 0.25) is 0 Å². The number of hydrogen-bond donors (Lipinski definition) is 2. The summed E-state index contributed by atoms with van der Waals surface area (Å²) in [5.41, 5.74) is 8.57. The van der Waals surface area contributed by atoms with Crippen LogP contribution in [0.25, 0.3) is 11.0 Å². The molecule has 3 heterocycles. The molecule has 8 heteroatoms. The van der Waals surface area contributed by atoms with Crippen molar-refractivity contribution in [1.29, 1.82) is 0 Å². The third-order valence-corrected chi connectivity index (χ3v) is 6.17. The Labute approximate surface area is 200 Å². The molecule has 1 aromatic carbocycles. The molecule has 1 aliphatic rings. The SMILES string of the molecule is Cc1ccc2nccc(N3CCC[C@](O)(CN(C)C(=O)c4cccc(OCCCN)c4)C3)c2n1. The zero-order valence-electron chi connectivity index (χ0n) is 19.9. The molecule has 0 radical (unpaired) electrons. The molecule has 1 atom stereocenters. The van der Waals surface area contributed by atoms with Crippen LogP contribution in [0.1, 0.15) is 35.3 Å². The normalized spacial score (nSPS) is 18.2. The standard InChI is InChI=1S/C26H33N5O3/c1-19-8-9-22-24(29-19)23(10-13-28-22)31-14-4-11-26(33,18-31)17-30(2)25(32)20-6-3-7-21(16-20)34-15-5-12-27/h3,6-10,13,16,33H,4-5,11-12,14-15,17-18,27H2,1-2H3/t26-/m0/s1. The number of likely N-dealkylation sites (N-methyl/N-ethyl adjacent to an activating group) is 1. The number of aryl methyl sites for hydroxylation is 1. The number of amides is 1. The molecule has 180 valence electrons. The number of ether oxygens (including phenoxy) is 1.